The van der Waals surface area contributed by atoms with Gasteiger partial charge in [0, 0.05) is 22.3 Å². The third-order valence-electron chi connectivity index (χ3n) is 5.75. The Bertz CT molecular complexity index is 1620. The lowest BCUT2D eigenvalue weighted by Gasteiger charge is -2.07. The minimum absolute atomic E-state index is 0. The number of carboxylic acid groups (broad SMARTS) is 2. The fourth-order valence-corrected chi connectivity index (χ4v) is 3.67. The molecule has 0 atom stereocenters. The van der Waals surface area contributed by atoms with Gasteiger partial charge in [-0.1, -0.05) is 54.6 Å². The van der Waals surface area contributed by atoms with E-state index in [0.717, 1.165) is 0 Å². The van der Waals surface area contributed by atoms with Gasteiger partial charge in [-0.15, -0.1) is 0 Å². The van der Waals surface area contributed by atoms with E-state index in [0.29, 0.717) is 0 Å². The third-order valence-corrected chi connectivity index (χ3v) is 5.75. The smallest absolute Gasteiger partial charge is 0.346 e. The maximum atomic E-state index is 12.7. The van der Waals surface area contributed by atoms with Crippen LogP contribution in [0, 0.1) is 0 Å². The van der Waals surface area contributed by atoms with Gasteiger partial charge in [-0.05, 0) is 42.5 Å². The van der Waals surface area contributed by atoms with E-state index < -0.39 is 29.7 Å². The lowest BCUT2D eigenvalue weighted by molar-refractivity contribution is 0.0396. The largest absolute Gasteiger partial charge is 0.478 e. The van der Waals surface area contributed by atoms with Gasteiger partial charge in [-0.3, -0.25) is 9.59 Å². The Hall–Kier alpha value is -5.74. The van der Waals surface area contributed by atoms with Crippen LogP contribution in [0.25, 0.3) is 0 Å². The summed E-state index contributed by atoms with van der Waals surface area (Å²) in [6, 6.07) is 21.7. The number of hydrogen-bond donors (Lipinski definition) is 2. The molecule has 0 bridgehead atoms. The number of ketones is 2. The van der Waals surface area contributed by atoms with Crippen molar-refractivity contribution in [1.82, 2.24) is 0 Å². The first-order chi connectivity index (χ1) is 18.7. The molecule has 0 unspecified atom stereocenters. The summed E-state index contributed by atoms with van der Waals surface area (Å²) < 4.78 is 4.90. The van der Waals surface area contributed by atoms with Crippen LogP contribution in [0.2, 0.25) is 0 Å². The van der Waals surface area contributed by atoms with Crippen molar-refractivity contribution in [1.29, 1.82) is 0 Å². The molecule has 40 heavy (non-hydrogen) atoms. The van der Waals surface area contributed by atoms with E-state index in [1.165, 1.54) is 97.1 Å². The molecule has 4 rings (SSSR count). The van der Waals surface area contributed by atoms with Crippen molar-refractivity contribution in [3.05, 3.63) is 142 Å². The highest BCUT2D eigenvalue weighted by atomic mass is 16.6. The van der Waals surface area contributed by atoms with Crippen molar-refractivity contribution in [3.8, 4) is 0 Å². The Morgan fingerprint density at radius 3 is 1.18 bits per heavy atom. The molecule has 0 aliphatic rings. The monoisotopic (exact) mass is 540 g/mol. The lowest BCUT2D eigenvalue weighted by atomic mass is 9.97. The Morgan fingerprint density at radius 2 is 0.775 bits per heavy atom. The van der Waals surface area contributed by atoms with Crippen LogP contribution >= 0.6 is 0 Å². The van der Waals surface area contributed by atoms with Crippen LogP contribution in [-0.4, -0.2) is 51.1 Å². The summed E-state index contributed by atoms with van der Waals surface area (Å²) in [7, 11) is 0. The highest BCUT2D eigenvalue weighted by molar-refractivity contribution is 6.14. The van der Waals surface area contributed by atoms with Gasteiger partial charge in [-0.2, -0.15) is 0 Å². The van der Waals surface area contributed by atoms with Gasteiger partial charge in [0.15, 0.2) is 11.6 Å². The molecule has 0 fully saturated rings. The van der Waals surface area contributed by atoms with Crippen molar-refractivity contribution in [3.63, 3.8) is 0 Å². The fourth-order valence-electron chi connectivity index (χ4n) is 3.67. The summed E-state index contributed by atoms with van der Waals surface area (Å²) >= 11 is 0. The second kappa shape index (κ2) is 12.2. The first kappa shape index (κ1) is 28.8. The zero-order valence-electron chi connectivity index (χ0n) is 20.5. The number of carbonyl (C=O) groups excluding carboxylic acids is 4. The van der Waals surface area contributed by atoms with Crippen molar-refractivity contribution < 1.29 is 49.2 Å². The summed E-state index contributed by atoms with van der Waals surface area (Å²) in [5.74, 6) is -5.22. The zero-order valence-corrected chi connectivity index (χ0v) is 20.5. The molecule has 4 aromatic rings. The summed E-state index contributed by atoms with van der Waals surface area (Å²) in [5, 5.41) is 18.3. The van der Waals surface area contributed by atoms with Crippen LogP contribution in [0.4, 0.5) is 0 Å². The van der Waals surface area contributed by atoms with E-state index in [1.54, 1.807) is 0 Å². The first-order valence-electron chi connectivity index (χ1n) is 11.4. The van der Waals surface area contributed by atoms with Crippen LogP contribution in [0.15, 0.2) is 97.1 Å². The number of aromatic carboxylic acids is 2. The zero-order chi connectivity index (χ0) is 28.1. The summed E-state index contributed by atoms with van der Waals surface area (Å²) in [6.07, 6.45) is 0. The minimum atomic E-state index is -1.25. The second-order valence-electron chi connectivity index (χ2n) is 8.22. The Morgan fingerprint density at radius 1 is 0.425 bits per heavy atom. The minimum Gasteiger partial charge on any atom is -0.478 e. The standard InChI is InChI=1S/C30H18O9.H2O/c31-25(17-5-11-20(12-6-17)27(33)34)18-7-13-21(14-8-18)29(37)39-30(38)22-15-9-19(10-16-22)26(32)23-3-1-2-4-24(23)28(35)36;/h1-16H,(H,33,34)(H,35,36);1H2. The van der Waals surface area contributed by atoms with Crippen molar-refractivity contribution in [2.45, 2.75) is 0 Å². The predicted molar refractivity (Wildman–Crippen MR) is 140 cm³/mol. The van der Waals surface area contributed by atoms with Gasteiger partial charge in [-0.25, -0.2) is 19.2 Å². The number of ether oxygens (including phenoxy) is 1. The van der Waals surface area contributed by atoms with Gasteiger partial charge in [0.2, 0.25) is 0 Å². The number of carbonyl (C=O) groups is 6. The van der Waals surface area contributed by atoms with E-state index >= 15 is 0 Å². The number of rotatable bonds is 8. The van der Waals surface area contributed by atoms with Crippen molar-refractivity contribution in [2.75, 3.05) is 0 Å². The van der Waals surface area contributed by atoms with Crippen LogP contribution in [-0.2, 0) is 4.74 Å². The van der Waals surface area contributed by atoms with Crippen LogP contribution in [0.5, 0.6) is 0 Å². The van der Waals surface area contributed by atoms with Gasteiger partial charge >= 0.3 is 23.9 Å². The van der Waals surface area contributed by atoms with E-state index in [1.807, 2.05) is 0 Å². The van der Waals surface area contributed by atoms with E-state index in [-0.39, 0.29) is 55.8 Å². The second-order valence-corrected chi connectivity index (χ2v) is 8.22. The SMILES string of the molecule is O.O=C(O)c1ccc(C(=O)c2ccc(C(=O)OC(=O)c3ccc(C(=O)c4ccccc4C(=O)O)cc3)cc2)cc1. The van der Waals surface area contributed by atoms with Crippen molar-refractivity contribution >= 4 is 35.4 Å². The molecule has 0 aliphatic heterocycles. The topological polar surface area (TPSA) is 184 Å². The van der Waals surface area contributed by atoms with Crippen LogP contribution < -0.4 is 0 Å². The third kappa shape index (κ3) is 6.21. The molecule has 0 spiro atoms. The van der Waals surface area contributed by atoms with E-state index in [2.05, 4.69) is 0 Å². The average molecular weight is 540 g/mol. The maximum Gasteiger partial charge on any atom is 0.346 e. The molecule has 10 nitrogen and oxygen atoms in total. The van der Waals surface area contributed by atoms with Crippen molar-refractivity contribution in [2.24, 2.45) is 0 Å². The molecule has 0 aromatic heterocycles. The molecule has 10 heteroatoms. The maximum absolute atomic E-state index is 12.7. The fraction of sp³-hybridized carbons (Fsp3) is 0. The van der Waals surface area contributed by atoms with Gasteiger partial charge < -0.3 is 20.4 Å². The number of hydrogen-bond acceptors (Lipinski definition) is 7. The molecule has 0 amide bonds. The lowest BCUT2D eigenvalue weighted by Crippen LogP contribution is -2.14. The molecule has 0 radical (unpaired) electrons. The van der Waals surface area contributed by atoms with Crippen LogP contribution in [0.3, 0.4) is 0 Å². The molecule has 4 aromatic carbocycles. The number of benzene rings is 4. The molecule has 0 aliphatic carbocycles. The van der Waals surface area contributed by atoms with Crippen LogP contribution in [0.1, 0.15) is 73.3 Å². The molecular weight excluding hydrogens is 520 g/mol. The van der Waals surface area contributed by atoms with E-state index in [4.69, 9.17) is 9.84 Å². The van der Waals surface area contributed by atoms with Gasteiger partial charge in [0.25, 0.3) is 0 Å². The number of esters is 2. The summed E-state index contributed by atoms with van der Waals surface area (Å²) in [5.41, 5.74) is 0.532. The first-order valence-corrected chi connectivity index (χ1v) is 11.4. The molecule has 0 saturated heterocycles. The molecule has 4 N–H and O–H groups in total. The summed E-state index contributed by atoms with van der Waals surface area (Å²) in [4.78, 5) is 72.6. The quantitative estimate of drug-likeness (QED) is 0.191. The highest BCUT2D eigenvalue weighted by Gasteiger charge is 2.20. The molecule has 200 valence electrons. The normalized spacial score (nSPS) is 10.1. The average Bonchev–Trinajstić information content (AvgIpc) is 2.96. The summed E-state index contributed by atoms with van der Waals surface area (Å²) in [6.45, 7) is 0. The molecule has 0 heterocycles. The Kier molecular flexibility index (Phi) is 8.79. The Balaban J connectivity index is 0.00000441. The molecule has 0 saturated carbocycles. The number of carboxylic acids is 2. The molecular formula is C30H20O10. The Labute approximate surface area is 226 Å². The highest BCUT2D eigenvalue weighted by Crippen LogP contribution is 2.17. The van der Waals surface area contributed by atoms with E-state index in [9.17, 15) is 33.9 Å². The van der Waals surface area contributed by atoms with Gasteiger partial charge in [0.05, 0.1) is 22.3 Å². The predicted octanol–water partition coefficient (Wildman–Crippen LogP) is 3.72. The van der Waals surface area contributed by atoms with Gasteiger partial charge in [0.1, 0.15) is 0 Å².